The number of anilines is 1. The SMILES string of the molecule is CC(=O)Nc1ccc(C)c(-c2cc3cnnc(-c4ccc(F)cc4F)c3n(C)c2=O)c1. The Bertz CT molecular complexity index is 1410. The van der Waals surface area contributed by atoms with Gasteiger partial charge in [-0.05, 0) is 48.4 Å². The second kappa shape index (κ2) is 7.71. The minimum absolute atomic E-state index is 0.0473. The van der Waals surface area contributed by atoms with Crippen molar-refractivity contribution in [1.29, 1.82) is 0 Å². The molecule has 31 heavy (non-hydrogen) atoms. The van der Waals surface area contributed by atoms with E-state index in [9.17, 15) is 18.4 Å². The molecule has 0 saturated carbocycles. The van der Waals surface area contributed by atoms with E-state index in [1.54, 1.807) is 25.2 Å². The quantitative estimate of drug-likeness (QED) is 0.539. The third-order valence-electron chi connectivity index (χ3n) is 5.06. The van der Waals surface area contributed by atoms with Gasteiger partial charge in [0.15, 0.2) is 0 Å². The van der Waals surface area contributed by atoms with Crippen LogP contribution in [0.25, 0.3) is 33.3 Å². The first-order valence-corrected chi connectivity index (χ1v) is 9.45. The van der Waals surface area contributed by atoms with Gasteiger partial charge in [0.05, 0.1) is 11.7 Å². The van der Waals surface area contributed by atoms with Crippen LogP contribution in [0.2, 0.25) is 0 Å². The molecule has 8 heteroatoms. The molecule has 1 amide bonds. The second-order valence-corrected chi connectivity index (χ2v) is 7.25. The molecule has 2 aromatic carbocycles. The lowest BCUT2D eigenvalue weighted by Crippen LogP contribution is -2.20. The summed E-state index contributed by atoms with van der Waals surface area (Å²) in [6, 6.07) is 10.1. The molecule has 0 aliphatic rings. The van der Waals surface area contributed by atoms with Gasteiger partial charge in [-0.3, -0.25) is 9.59 Å². The molecule has 2 aromatic heterocycles. The lowest BCUT2D eigenvalue weighted by molar-refractivity contribution is -0.114. The van der Waals surface area contributed by atoms with Crippen LogP contribution in [0.4, 0.5) is 14.5 Å². The highest BCUT2D eigenvalue weighted by molar-refractivity contribution is 5.94. The Morgan fingerprint density at radius 1 is 1.03 bits per heavy atom. The van der Waals surface area contributed by atoms with Gasteiger partial charge >= 0.3 is 0 Å². The van der Waals surface area contributed by atoms with Gasteiger partial charge in [0, 0.05) is 42.2 Å². The summed E-state index contributed by atoms with van der Waals surface area (Å²) in [7, 11) is 1.56. The molecule has 156 valence electrons. The van der Waals surface area contributed by atoms with Gasteiger partial charge in [-0.15, -0.1) is 5.10 Å². The highest BCUT2D eigenvalue weighted by Gasteiger charge is 2.18. The van der Waals surface area contributed by atoms with Crippen molar-refractivity contribution >= 4 is 22.5 Å². The topological polar surface area (TPSA) is 76.9 Å². The molecule has 0 radical (unpaired) electrons. The average molecular weight is 420 g/mol. The maximum absolute atomic E-state index is 14.4. The van der Waals surface area contributed by atoms with Gasteiger partial charge < -0.3 is 9.88 Å². The van der Waals surface area contributed by atoms with E-state index in [0.717, 1.165) is 17.7 Å². The zero-order chi connectivity index (χ0) is 22.3. The first-order chi connectivity index (χ1) is 14.8. The zero-order valence-electron chi connectivity index (χ0n) is 17.0. The Hall–Kier alpha value is -3.94. The monoisotopic (exact) mass is 420 g/mol. The van der Waals surface area contributed by atoms with Crippen LogP contribution in [0.5, 0.6) is 0 Å². The number of benzene rings is 2. The van der Waals surface area contributed by atoms with E-state index in [4.69, 9.17) is 0 Å². The fraction of sp³-hybridized carbons (Fsp3) is 0.130. The largest absolute Gasteiger partial charge is 0.326 e. The summed E-state index contributed by atoms with van der Waals surface area (Å²) in [5.41, 5.74) is 2.71. The molecule has 0 aliphatic carbocycles. The summed E-state index contributed by atoms with van der Waals surface area (Å²) < 4.78 is 29.1. The van der Waals surface area contributed by atoms with Crippen LogP contribution >= 0.6 is 0 Å². The molecule has 6 nitrogen and oxygen atoms in total. The molecule has 0 saturated heterocycles. The lowest BCUT2D eigenvalue weighted by Gasteiger charge is -2.14. The number of nitrogens with zero attached hydrogens (tertiary/aromatic N) is 3. The minimum atomic E-state index is -0.794. The van der Waals surface area contributed by atoms with Crippen LogP contribution in [0, 0.1) is 18.6 Å². The third kappa shape index (κ3) is 3.68. The van der Waals surface area contributed by atoms with Crippen molar-refractivity contribution in [2.24, 2.45) is 7.05 Å². The number of pyridine rings is 1. The van der Waals surface area contributed by atoms with E-state index in [1.807, 2.05) is 13.0 Å². The number of halogens is 2. The Kier molecular flexibility index (Phi) is 5.06. The number of aromatic nitrogens is 3. The maximum atomic E-state index is 14.4. The molecular formula is C23H18F2N4O2. The van der Waals surface area contributed by atoms with Gasteiger partial charge in [0.2, 0.25) is 5.91 Å². The van der Waals surface area contributed by atoms with Gasteiger partial charge in [-0.1, -0.05) is 6.07 Å². The summed E-state index contributed by atoms with van der Waals surface area (Å²) in [5.74, 6) is -1.72. The summed E-state index contributed by atoms with van der Waals surface area (Å²) in [6.45, 7) is 3.27. The summed E-state index contributed by atoms with van der Waals surface area (Å²) in [4.78, 5) is 24.7. The predicted molar refractivity (Wildman–Crippen MR) is 115 cm³/mol. The molecule has 4 rings (SSSR count). The van der Waals surface area contributed by atoms with Gasteiger partial charge in [0.1, 0.15) is 17.3 Å². The Morgan fingerprint density at radius 2 is 1.81 bits per heavy atom. The van der Waals surface area contributed by atoms with E-state index in [-0.39, 0.29) is 22.7 Å². The lowest BCUT2D eigenvalue weighted by atomic mass is 9.99. The molecule has 2 heterocycles. The standard InChI is InChI=1S/C23H18F2N4O2/c1-12-4-6-16(27-13(2)30)10-18(12)19-8-14-11-26-28-21(22(14)29(3)23(19)31)17-7-5-15(24)9-20(17)25/h4-11H,1-3H3,(H,27,30). The molecule has 0 aliphatic heterocycles. The number of carbonyl (C=O) groups is 1. The summed E-state index contributed by atoms with van der Waals surface area (Å²) in [6.07, 6.45) is 1.48. The molecule has 4 aromatic rings. The normalized spacial score (nSPS) is 11.0. The Labute approximate surface area is 176 Å². The predicted octanol–water partition coefficient (Wildman–Crippen LogP) is 4.21. The van der Waals surface area contributed by atoms with Crippen LogP contribution in [0.3, 0.4) is 0 Å². The smallest absolute Gasteiger partial charge is 0.258 e. The summed E-state index contributed by atoms with van der Waals surface area (Å²) in [5, 5.41) is 11.2. The molecular weight excluding hydrogens is 402 g/mol. The first kappa shape index (κ1) is 20.3. The number of aryl methyl sites for hydroxylation is 2. The van der Waals surface area contributed by atoms with Gasteiger partial charge in [0.25, 0.3) is 5.56 Å². The molecule has 1 N–H and O–H groups in total. The molecule has 0 unspecified atom stereocenters. The highest BCUT2D eigenvalue weighted by Crippen LogP contribution is 2.31. The van der Waals surface area contributed by atoms with Crippen molar-refractivity contribution in [3.63, 3.8) is 0 Å². The van der Waals surface area contributed by atoms with Gasteiger partial charge in [-0.2, -0.15) is 5.10 Å². The zero-order valence-corrected chi connectivity index (χ0v) is 17.0. The Morgan fingerprint density at radius 3 is 2.52 bits per heavy atom. The molecule has 0 atom stereocenters. The molecule has 0 spiro atoms. The van der Waals surface area contributed by atoms with Crippen LogP contribution in [-0.4, -0.2) is 20.7 Å². The maximum Gasteiger partial charge on any atom is 0.258 e. The fourth-order valence-corrected chi connectivity index (χ4v) is 3.60. The number of hydrogen-bond donors (Lipinski definition) is 1. The van der Waals surface area contributed by atoms with Crippen molar-refractivity contribution in [3.05, 3.63) is 76.2 Å². The number of carbonyl (C=O) groups excluding carboxylic acids is 1. The van der Waals surface area contributed by atoms with Crippen LogP contribution in [-0.2, 0) is 11.8 Å². The van der Waals surface area contributed by atoms with Crippen LogP contribution in [0.15, 0.2) is 53.5 Å². The Balaban J connectivity index is 1.97. The van der Waals surface area contributed by atoms with Crippen molar-refractivity contribution in [2.75, 3.05) is 5.32 Å². The van der Waals surface area contributed by atoms with E-state index < -0.39 is 11.6 Å². The molecule has 0 fully saturated rings. The minimum Gasteiger partial charge on any atom is -0.326 e. The molecule has 0 bridgehead atoms. The fourth-order valence-electron chi connectivity index (χ4n) is 3.60. The van der Waals surface area contributed by atoms with Crippen LogP contribution in [0.1, 0.15) is 12.5 Å². The van der Waals surface area contributed by atoms with Crippen molar-refractivity contribution in [3.8, 4) is 22.4 Å². The van der Waals surface area contributed by atoms with E-state index in [1.165, 1.54) is 23.8 Å². The van der Waals surface area contributed by atoms with Gasteiger partial charge in [-0.25, -0.2) is 8.78 Å². The summed E-state index contributed by atoms with van der Waals surface area (Å²) >= 11 is 0. The highest BCUT2D eigenvalue weighted by atomic mass is 19.1. The number of rotatable bonds is 3. The van der Waals surface area contributed by atoms with E-state index >= 15 is 0 Å². The number of hydrogen-bond acceptors (Lipinski definition) is 4. The first-order valence-electron chi connectivity index (χ1n) is 9.45. The number of fused-ring (bicyclic) bond motifs is 1. The second-order valence-electron chi connectivity index (χ2n) is 7.25. The average Bonchev–Trinajstić information content (AvgIpc) is 2.71. The number of amides is 1. The van der Waals surface area contributed by atoms with Crippen molar-refractivity contribution in [2.45, 2.75) is 13.8 Å². The third-order valence-corrected chi connectivity index (χ3v) is 5.06. The van der Waals surface area contributed by atoms with Crippen LogP contribution < -0.4 is 10.9 Å². The van der Waals surface area contributed by atoms with E-state index in [0.29, 0.717) is 27.7 Å². The van der Waals surface area contributed by atoms with E-state index in [2.05, 4.69) is 15.5 Å². The van der Waals surface area contributed by atoms with Crippen molar-refractivity contribution in [1.82, 2.24) is 14.8 Å². The number of nitrogens with one attached hydrogen (secondary N) is 1. The van der Waals surface area contributed by atoms with Crippen molar-refractivity contribution < 1.29 is 13.6 Å².